The summed E-state index contributed by atoms with van der Waals surface area (Å²) in [6, 6.07) is 0. The van der Waals surface area contributed by atoms with Crippen LogP contribution in [0.5, 0.6) is 0 Å². The van der Waals surface area contributed by atoms with Gasteiger partial charge in [0, 0.05) is 11.6 Å². The molecule has 16 heavy (non-hydrogen) atoms. The second-order valence-electron chi connectivity index (χ2n) is 3.51. The van der Waals surface area contributed by atoms with Crippen molar-refractivity contribution in [2.45, 2.75) is 26.2 Å². The van der Waals surface area contributed by atoms with E-state index in [2.05, 4.69) is 4.74 Å². The third kappa shape index (κ3) is 2.83. The first-order chi connectivity index (χ1) is 7.70. The summed E-state index contributed by atoms with van der Waals surface area (Å²) < 4.78 is 4.44. The molecule has 0 aromatic carbocycles. The van der Waals surface area contributed by atoms with Crippen LogP contribution in [0, 0.1) is 11.5 Å². The lowest BCUT2D eigenvalue weighted by Gasteiger charge is -2.13. The second-order valence-corrected chi connectivity index (χ2v) is 3.51. The topological polar surface area (TPSA) is 70.4 Å². The van der Waals surface area contributed by atoms with Crippen molar-refractivity contribution in [1.29, 1.82) is 5.26 Å². The molecule has 0 radical (unpaired) electrons. The van der Waals surface area contributed by atoms with Crippen LogP contribution < -0.4 is 0 Å². The normalized spacial score (nSPS) is 15.0. The summed E-state index contributed by atoms with van der Waals surface area (Å²) in [5, 5.41) is 8.17. The fourth-order valence-corrected chi connectivity index (χ4v) is 1.50. The molecule has 0 unspecified atom stereocenters. The average molecular weight is 222 g/mol. The van der Waals surface area contributed by atoms with E-state index in [1.807, 2.05) is 6.92 Å². The molecule has 1 rings (SSSR count). The zero-order chi connectivity index (χ0) is 12.0. The second kappa shape index (κ2) is 5.91. The molecule has 0 spiro atoms. The molecule has 0 aromatic heterocycles. The molecule has 0 atom stereocenters. The maximum Gasteiger partial charge on any atom is 0.286 e. The molecule has 86 valence electrons. The minimum absolute atomic E-state index is 0.0584. The van der Waals surface area contributed by atoms with Gasteiger partial charge < -0.3 is 4.74 Å². The number of hydrogen-bond acceptors (Lipinski definition) is 4. The summed E-state index contributed by atoms with van der Waals surface area (Å²) >= 11 is 0. The van der Waals surface area contributed by atoms with Gasteiger partial charge in [0.25, 0.3) is 18.1 Å². The van der Waals surface area contributed by atoms with Crippen molar-refractivity contribution in [3.63, 3.8) is 0 Å². The van der Waals surface area contributed by atoms with Crippen LogP contribution in [0.1, 0.15) is 26.2 Å². The fourth-order valence-electron chi connectivity index (χ4n) is 1.50. The lowest BCUT2D eigenvalue weighted by atomic mass is 10.1. The van der Waals surface area contributed by atoms with Gasteiger partial charge in [-0.3, -0.25) is 14.5 Å². The van der Waals surface area contributed by atoms with E-state index in [9.17, 15) is 9.59 Å². The van der Waals surface area contributed by atoms with E-state index in [0.29, 0.717) is 12.0 Å². The van der Waals surface area contributed by atoms with Gasteiger partial charge in [0.15, 0.2) is 0 Å². The maximum atomic E-state index is 11.7. The molecule has 1 aliphatic rings. The Balaban J connectivity index is 2.50. The SMILES string of the molecule is CCCCC1=CC(=O)N(CCOC#N)C1=O. The molecule has 0 aliphatic carbocycles. The summed E-state index contributed by atoms with van der Waals surface area (Å²) in [7, 11) is 0. The van der Waals surface area contributed by atoms with Gasteiger partial charge in [0.05, 0.1) is 6.54 Å². The first kappa shape index (κ1) is 12.2. The van der Waals surface area contributed by atoms with Crippen LogP contribution >= 0.6 is 0 Å². The number of amides is 2. The minimum Gasteiger partial charge on any atom is -0.426 e. The number of unbranched alkanes of at least 4 members (excludes halogenated alkanes) is 1. The predicted molar refractivity (Wildman–Crippen MR) is 55.9 cm³/mol. The number of nitrogens with zero attached hydrogens (tertiary/aromatic N) is 2. The van der Waals surface area contributed by atoms with Crippen LogP contribution in [0.25, 0.3) is 0 Å². The average Bonchev–Trinajstić information content (AvgIpc) is 2.54. The molecule has 0 fully saturated rings. The third-order valence-electron chi connectivity index (χ3n) is 2.36. The quantitative estimate of drug-likeness (QED) is 0.381. The molecule has 0 aromatic rings. The Morgan fingerprint density at radius 2 is 2.25 bits per heavy atom. The number of imide groups is 1. The van der Waals surface area contributed by atoms with E-state index in [4.69, 9.17) is 5.26 Å². The van der Waals surface area contributed by atoms with Gasteiger partial charge in [-0.2, -0.15) is 5.26 Å². The van der Waals surface area contributed by atoms with Crippen LogP contribution in [-0.2, 0) is 14.3 Å². The van der Waals surface area contributed by atoms with Crippen LogP contribution in [0.15, 0.2) is 11.6 Å². The van der Waals surface area contributed by atoms with Crippen molar-refractivity contribution >= 4 is 11.8 Å². The van der Waals surface area contributed by atoms with Crippen molar-refractivity contribution in [2.75, 3.05) is 13.2 Å². The number of hydrogen-bond donors (Lipinski definition) is 0. The first-order valence-corrected chi connectivity index (χ1v) is 5.28. The summed E-state index contributed by atoms with van der Waals surface area (Å²) in [5.41, 5.74) is 0.559. The number of ether oxygens (including phenoxy) is 1. The van der Waals surface area contributed by atoms with Gasteiger partial charge in [0.1, 0.15) is 6.61 Å². The first-order valence-electron chi connectivity index (χ1n) is 5.28. The highest BCUT2D eigenvalue weighted by molar-refractivity contribution is 6.16. The van der Waals surface area contributed by atoms with Crippen molar-refractivity contribution in [2.24, 2.45) is 0 Å². The predicted octanol–water partition coefficient (Wildman–Crippen LogP) is 0.969. The third-order valence-corrected chi connectivity index (χ3v) is 2.36. The molecule has 0 N–H and O–H groups in total. The monoisotopic (exact) mass is 222 g/mol. The van der Waals surface area contributed by atoms with Crippen LogP contribution in [-0.4, -0.2) is 29.9 Å². The van der Waals surface area contributed by atoms with Gasteiger partial charge in [-0.1, -0.05) is 13.3 Å². The molecule has 1 heterocycles. The fraction of sp³-hybridized carbons (Fsp3) is 0.545. The van der Waals surface area contributed by atoms with E-state index < -0.39 is 0 Å². The Hall–Kier alpha value is -1.83. The number of carbonyl (C=O) groups excluding carboxylic acids is 2. The highest BCUT2D eigenvalue weighted by atomic mass is 16.5. The van der Waals surface area contributed by atoms with E-state index in [0.717, 1.165) is 17.7 Å². The number of rotatable bonds is 6. The van der Waals surface area contributed by atoms with Crippen molar-refractivity contribution in [1.82, 2.24) is 4.90 Å². The molecule has 2 amide bonds. The minimum atomic E-state index is -0.308. The lowest BCUT2D eigenvalue weighted by molar-refractivity contribution is -0.137. The molecule has 0 saturated carbocycles. The lowest BCUT2D eigenvalue weighted by Crippen LogP contribution is -2.33. The van der Waals surface area contributed by atoms with Gasteiger partial charge in [-0.05, 0) is 12.8 Å². The van der Waals surface area contributed by atoms with E-state index in [-0.39, 0.29) is 25.0 Å². The molecule has 0 bridgehead atoms. The Labute approximate surface area is 94.3 Å². The molecular weight excluding hydrogens is 208 g/mol. The molecule has 0 saturated heterocycles. The van der Waals surface area contributed by atoms with Crippen LogP contribution in [0.3, 0.4) is 0 Å². The van der Waals surface area contributed by atoms with E-state index in [1.165, 1.54) is 12.3 Å². The number of carbonyl (C=O) groups is 2. The molecule has 1 aliphatic heterocycles. The van der Waals surface area contributed by atoms with Crippen molar-refractivity contribution < 1.29 is 14.3 Å². The van der Waals surface area contributed by atoms with Crippen molar-refractivity contribution in [3.05, 3.63) is 11.6 Å². The summed E-state index contributed by atoms with van der Waals surface area (Å²) in [6.45, 7) is 2.22. The Morgan fingerprint density at radius 3 is 2.88 bits per heavy atom. The highest BCUT2D eigenvalue weighted by Crippen LogP contribution is 2.17. The van der Waals surface area contributed by atoms with Crippen molar-refractivity contribution in [3.8, 4) is 6.26 Å². The zero-order valence-corrected chi connectivity index (χ0v) is 9.23. The standard InChI is InChI=1S/C11H14N2O3/c1-2-3-4-9-7-10(14)13(11(9)15)5-6-16-8-12/h7H,2-6H2,1H3. The molecule has 5 heteroatoms. The van der Waals surface area contributed by atoms with Crippen LogP contribution in [0.2, 0.25) is 0 Å². The Morgan fingerprint density at radius 1 is 1.50 bits per heavy atom. The zero-order valence-electron chi connectivity index (χ0n) is 9.23. The summed E-state index contributed by atoms with van der Waals surface area (Å²) in [4.78, 5) is 24.3. The van der Waals surface area contributed by atoms with Gasteiger partial charge in [-0.15, -0.1) is 0 Å². The number of nitriles is 1. The van der Waals surface area contributed by atoms with Crippen LogP contribution in [0.4, 0.5) is 0 Å². The highest BCUT2D eigenvalue weighted by Gasteiger charge is 2.29. The van der Waals surface area contributed by atoms with Gasteiger partial charge >= 0.3 is 0 Å². The maximum absolute atomic E-state index is 11.7. The van der Waals surface area contributed by atoms with Gasteiger partial charge in [-0.25, -0.2) is 0 Å². The largest absolute Gasteiger partial charge is 0.426 e. The summed E-state index contributed by atoms with van der Waals surface area (Å²) in [5.74, 6) is -0.558. The molecular formula is C11H14N2O3. The molecule has 5 nitrogen and oxygen atoms in total. The van der Waals surface area contributed by atoms with E-state index >= 15 is 0 Å². The Bertz CT molecular complexity index is 355. The van der Waals surface area contributed by atoms with E-state index in [1.54, 1.807) is 0 Å². The van der Waals surface area contributed by atoms with Gasteiger partial charge in [0.2, 0.25) is 0 Å². The summed E-state index contributed by atoms with van der Waals surface area (Å²) in [6.07, 6.45) is 5.39. The Kier molecular flexibility index (Phi) is 4.52. The smallest absolute Gasteiger partial charge is 0.286 e.